The van der Waals surface area contributed by atoms with Crippen LogP contribution in [0.1, 0.15) is 5.56 Å². The number of aromatic hydroxyl groups is 1. The molecule has 0 atom stereocenters. The van der Waals surface area contributed by atoms with Crippen LogP contribution in [0.15, 0.2) is 73.1 Å². The summed E-state index contributed by atoms with van der Waals surface area (Å²) in [7, 11) is 0. The molecule has 0 aliphatic rings. The van der Waals surface area contributed by atoms with E-state index in [1.54, 1.807) is 24.5 Å². The SMILES string of the molecule is Oc1cccc(CNc2cnccc2Oc2ccccc2)c1. The van der Waals surface area contributed by atoms with E-state index in [2.05, 4.69) is 10.3 Å². The fraction of sp³-hybridized carbons (Fsp3) is 0.0556. The first-order valence-electron chi connectivity index (χ1n) is 7.00. The second-order valence-corrected chi connectivity index (χ2v) is 4.81. The number of hydrogen-bond acceptors (Lipinski definition) is 4. The van der Waals surface area contributed by atoms with Crippen LogP contribution in [-0.2, 0) is 6.54 Å². The van der Waals surface area contributed by atoms with Crippen LogP contribution in [0, 0.1) is 0 Å². The lowest BCUT2D eigenvalue weighted by molar-refractivity contribution is 0.474. The first kappa shape index (κ1) is 13.9. The van der Waals surface area contributed by atoms with Crippen LogP contribution in [0.2, 0.25) is 0 Å². The first-order valence-corrected chi connectivity index (χ1v) is 7.00. The average Bonchev–Trinajstić information content (AvgIpc) is 2.55. The number of anilines is 1. The van der Waals surface area contributed by atoms with Crippen molar-refractivity contribution in [3.8, 4) is 17.2 Å². The van der Waals surface area contributed by atoms with E-state index in [1.807, 2.05) is 48.5 Å². The molecule has 2 N–H and O–H groups in total. The topological polar surface area (TPSA) is 54.4 Å². The van der Waals surface area contributed by atoms with E-state index < -0.39 is 0 Å². The molecule has 110 valence electrons. The average molecular weight is 292 g/mol. The highest BCUT2D eigenvalue weighted by Gasteiger charge is 2.05. The Morgan fingerprint density at radius 1 is 1.00 bits per heavy atom. The van der Waals surface area contributed by atoms with Gasteiger partial charge in [-0.05, 0) is 29.8 Å². The molecule has 0 fully saturated rings. The van der Waals surface area contributed by atoms with Crippen molar-refractivity contribution in [1.82, 2.24) is 4.98 Å². The largest absolute Gasteiger partial charge is 0.508 e. The minimum Gasteiger partial charge on any atom is -0.508 e. The summed E-state index contributed by atoms with van der Waals surface area (Å²) in [6.07, 6.45) is 3.42. The molecule has 4 nitrogen and oxygen atoms in total. The molecule has 1 aromatic heterocycles. The molecule has 0 saturated heterocycles. The van der Waals surface area contributed by atoms with Gasteiger partial charge in [0.1, 0.15) is 11.5 Å². The molecule has 0 bridgehead atoms. The van der Waals surface area contributed by atoms with Crippen molar-refractivity contribution in [2.24, 2.45) is 0 Å². The predicted molar refractivity (Wildman–Crippen MR) is 86.2 cm³/mol. The van der Waals surface area contributed by atoms with Gasteiger partial charge in [0, 0.05) is 18.8 Å². The summed E-state index contributed by atoms with van der Waals surface area (Å²) in [5.74, 6) is 1.74. The molecule has 1 heterocycles. The van der Waals surface area contributed by atoms with Gasteiger partial charge in [0.2, 0.25) is 0 Å². The van der Waals surface area contributed by atoms with Crippen LogP contribution in [0.4, 0.5) is 5.69 Å². The summed E-state index contributed by atoms with van der Waals surface area (Å²) in [6, 6.07) is 18.6. The summed E-state index contributed by atoms with van der Waals surface area (Å²) < 4.78 is 5.87. The fourth-order valence-corrected chi connectivity index (χ4v) is 2.08. The van der Waals surface area contributed by atoms with Gasteiger partial charge in [-0.1, -0.05) is 30.3 Å². The van der Waals surface area contributed by atoms with Crippen LogP contribution >= 0.6 is 0 Å². The van der Waals surface area contributed by atoms with Crippen molar-refractivity contribution in [2.75, 3.05) is 5.32 Å². The second-order valence-electron chi connectivity index (χ2n) is 4.81. The molecule has 0 aliphatic heterocycles. The molecule has 0 radical (unpaired) electrons. The van der Waals surface area contributed by atoms with Crippen LogP contribution in [-0.4, -0.2) is 10.1 Å². The highest BCUT2D eigenvalue weighted by atomic mass is 16.5. The molecule has 0 amide bonds. The van der Waals surface area contributed by atoms with Gasteiger partial charge in [0.05, 0.1) is 11.9 Å². The lowest BCUT2D eigenvalue weighted by Gasteiger charge is -2.12. The van der Waals surface area contributed by atoms with Crippen molar-refractivity contribution < 1.29 is 9.84 Å². The summed E-state index contributed by atoms with van der Waals surface area (Å²) in [5, 5.41) is 12.8. The minimum absolute atomic E-state index is 0.256. The van der Waals surface area contributed by atoms with Crippen LogP contribution in [0.25, 0.3) is 0 Å². The number of ether oxygens (including phenoxy) is 1. The van der Waals surface area contributed by atoms with Crippen LogP contribution in [0.3, 0.4) is 0 Å². The first-order chi connectivity index (χ1) is 10.8. The third kappa shape index (κ3) is 3.55. The molecule has 0 saturated carbocycles. The molecular formula is C18H16N2O2. The second kappa shape index (κ2) is 6.63. The fourth-order valence-electron chi connectivity index (χ4n) is 2.08. The zero-order chi connectivity index (χ0) is 15.2. The van der Waals surface area contributed by atoms with Crippen molar-refractivity contribution in [2.45, 2.75) is 6.54 Å². The summed E-state index contributed by atoms with van der Waals surface area (Å²) in [5.41, 5.74) is 1.78. The lowest BCUT2D eigenvalue weighted by atomic mass is 10.2. The van der Waals surface area contributed by atoms with Gasteiger partial charge in [-0.2, -0.15) is 0 Å². The minimum atomic E-state index is 0.256. The van der Waals surface area contributed by atoms with E-state index in [9.17, 15) is 5.11 Å². The molecule has 0 aliphatic carbocycles. The van der Waals surface area contributed by atoms with Crippen molar-refractivity contribution in [1.29, 1.82) is 0 Å². The number of nitrogens with zero attached hydrogens (tertiary/aromatic N) is 1. The van der Waals surface area contributed by atoms with Crippen molar-refractivity contribution in [3.05, 3.63) is 78.6 Å². The van der Waals surface area contributed by atoms with E-state index in [0.29, 0.717) is 12.3 Å². The maximum absolute atomic E-state index is 9.49. The van der Waals surface area contributed by atoms with Crippen LogP contribution < -0.4 is 10.1 Å². The van der Waals surface area contributed by atoms with Gasteiger partial charge in [-0.25, -0.2) is 0 Å². The van der Waals surface area contributed by atoms with E-state index >= 15 is 0 Å². The predicted octanol–water partition coefficient (Wildman–Crippen LogP) is 4.19. The number of phenolic OH excluding ortho intramolecular Hbond substituents is 1. The van der Waals surface area contributed by atoms with E-state index in [1.165, 1.54) is 0 Å². The van der Waals surface area contributed by atoms with Gasteiger partial charge in [-0.15, -0.1) is 0 Å². The normalized spacial score (nSPS) is 10.2. The monoisotopic (exact) mass is 292 g/mol. The van der Waals surface area contributed by atoms with Crippen molar-refractivity contribution >= 4 is 5.69 Å². The van der Waals surface area contributed by atoms with E-state index in [-0.39, 0.29) is 5.75 Å². The van der Waals surface area contributed by atoms with Gasteiger partial charge in [0.25, 0.3) is 0 Å². The molecule has 4 heteroatoms. The van der Waals surface area contributed by atoms with E-state index in [4.69, 9.17) is 4.74 Å². The van der Waals surface area contributed by atoms with Crippen LogP contribution in [0.5, 0.6) is 17.2 Å². The Morgan fingerprint density at radius 2 is 1.86 bits per heavy atom. The van der Waals surface area contributed by atoms with E-state index in [0.717, 1.165) is 17.0 Å². The Balaban J connectivity index is 1.74. The van der Waals surface area contributed by atoms with Gasteiger partial charge in [-0.3, -0.25) is 4.98 Å². The maximum Gasteiger partial charge on any atom is 0.153 e. The number of para-hydroxylation sites is 1. The Kier molecular flexibility index (Phi) is 4.20. The summed E-state index contributed by atoms with van der Waals surface area (Å²) >= 11 is 0. The molecule has 22 heavy (non-hydrogen) atoms. The molecular weight excluding hydrogens is 276 g/mol. The number of pyridine rings is 1. The number of benzene rings is 2. The number of hydrogen-bond donors (Lipinski definition) is 2. The molecule has 3 aromatic rings. The molecule has 3 rings (SSSR count). The number of aromatic nitrogens is 1. The molecule has 0 spiro atoms. The molecule has 0 unspecified atom stereocenters. The zero-order valence-corrected chi connectivity index (χ0v) is 11.9. The quantitative estimate of drug-likeness (QED) is 0.740. The van der Waals surface area contributed by atoms with Gasteiger partial charge >= 0.3 is 0 Å². The van der Waals surface area contributed by atoms with Crippen molar-refractivity contribution in [3.63, 3.8) is 0 Å². The summed E-state index contributed by atoms with van der Waals surface area (Å²) in [6.45, 7) is 0.575. The number of nitrogens with one attached hydrogen (secondary N) is 1. The Morgan fingerprint density at radius 3 is 2.68 bits per heavy atom. The third-order valence-electron chi connectivity index (χ3n) is 3.15. The summed E-state index contributed by atoms with van der Waals surface area (Å²) in [4.78, 5) is 4.12. The smallest absolute Gasteiger partial charge is 0.153 e. The number of rotatable bonds is 5. The zero-order valence-electron chi connectivity index (χ0n) is 11.9. The third-order valence-corrected chi connectivity index (χ3v) is 3.15. The van der Waals surface area contributed by atoms with Gasteiger partial charge < -0.3 is 15.2 Å². The highest BCUT2D eigenvalue weighted by molar-refractivity contribution is 5.56. The lowest BCUT2D eigenvalue weighted by Crippen LogP contribution is -2.01. The Hall–Kier alpha value is -3.01. The molecule has 2 aromatic carbocycles. The Bertz CT molecular complexity index is 745. The highest BCUT2D eigenvalue weighted by Crippen LogP contribution is 2.28. The standard InChI is InChI=1S/C18H16N2O2/c21-15-6-4-5-14(11-15)12-20-17-13-19-10-9-18(17)22-16-7-2-1-3-8-16/h1-11,13,20-21H,12H2. The Labute approximate surface area is 129 Å². The number of phenols is 1. The maximum atomic E-state index is 9.49. The van der Waals surface area contributed by atoms with Gasteiger partial charge in [0.15, 0.2) is 5.75 Å².